The fourth-order valence-corrected chi connectivity index (χ4v) is 2.88. The highest BCUT2D eigenvalue weighted by Crippen LogP contribution is 2.39. The van der Waals surface area contributed by atoms with E-state index in [2.05, 4.69) is 0 Å². The molecule has 1 heterocycles. The Kier molecular flexibility index (Phi) is 4.62. The summed E-state index contributed by atoms with van der Waals surface area (Å²) in [5.41, 5.74) is 1.94. The van der Waals surface area contributed by atoms with E-state index in [0.29, 0.717) is 0 Å². The number of benzene rings is 2. The monoisotopic (exact) mass is 331 g/mol. The lowest BCUT2D eigenvalue weighted by Gasteiger charge is -2.26. The van der Waals surface area contributed by atoms with Gasteiger partial charge in [-0.2, -0.15) is 0 Å². The Hall–Kier alpha value is -1.55. The van der Waals surface area contributed by atoms with Gasteiger partial charge in [0.15, 0.2) is 6.29 Å². The van der Waals surface area contributed by atoms with E-state index in [4.69, 9.17) is 21.2 Å². The maximum atomic E-state index is 6.10. The molecule has 0 spiro atoms. The Bertz CT molecular complexity index is 637. The molecule has 0 amide bonds. The first-order valence-corrected chi connectivity index (χ1v) is 8.24. The second kappa shape index (κ2) is 6.52. The highest BCUT2D eigenvalue weighted by molar-refractivity contribution is 6.30. The lowest BCUT2D eigenvalue weighted by atomic mass is 10.0. The smallest absolute Gasteiger partial charge is 0.186 e. The highest BCUT2D eigenvalue weighted by Gasteiger charge is 2.37. The molecule has 0 aliphatic carbocycles. The Balaban J connectivity index is 1.88. The quantitative estimate of drug-likeness (QED) is 0.755. The van der Waals surface area contributed by atoms with Gasteiger partial charge in [-0.15, -0.1) is 0 Å². The predicted molar refractivity (Wildman–Crippen MR) is 93.4 cm³/mol. The molecule has 0 unspecified atom stereocenters. The normalized spacial score (nSPS) is 21.7. The summed E-state index contributed by atoms with van der Waals surface area (Å²) in [6.07, 6.45) is 0.504. The fraction of sp³-hybridized carbons (Fsp3) is 0.368. The van der Waals surface area contributed by atoms with Gasteiger partial charge < -0.3 is 4.74 Å². The van der Waals surface area contributed by atoms with Crippen molar-refractivity contribution in [2.75, 3.05) is 5.06 Å². The van der Waals surface area contributed by atoms with Crippen LogP contribution in [0.15, 0.2) is 54.6 Å². The second-order valence-corrected chi connectivity index (χ2v) is 7.17. The van der Waals surface area contributed by atoms with Crippen molar-refractivity contribution in [1.82, 2.24) is 0 Å². The van der Waals surface area contributed by atoms with Crippen LogP contribution in [0.2, 0.25) is 5.02 Å². The third kappa shape index (κ3) is 4.05. The molecule has 4 heteroatoms. The van der Waals surface area contributed by atoms with Crippen molar-refractivity contribution in [3.05, 3.63) is 65.2 Å². The van der Waals surface area contributed by atoms with Crippen molar-refractivity contribution in [3.63, 3.8) is 0 Å². The average Bonchev–Trinajstić information content (AvgIpc) is 2.90. The van der Waals surface area contributed by atoms with E-state index in [-0.39, 0.29) is 17.9 Å². The van der Waals surface area contributed by atoms with E-state index in [1.165, 1.54) is 5.56 Å². The second-order valence-electron chi connectivity index (χ2n) is 6.73. The van der Waals surface area contributed by atoms with E-state index in [1.807, 2.05) is 80.4 Å². The minimum absolute atomic E-state index is 0.0991. The van der Waals surface area contributed by atoms with Crippen LogP contribution in [0.25, 0.3) is 0 Å². The molecule has 23 heavy (non-hydrogen) atoms. The van der Waals surface area contributed by atoms with Gasteiger partial charge in [0.2, 0.25) is 0 Å². The van der Waals surface area contributed by atoms with Gasteiger partial charge in [0.05, 0.1) is 17.3 Å². The molecular weight excluding hydrogens is 310 g/mol. The SMILES string of the molecule is CC(C)(C)O[C@H]1C[C@@H](c2ccc(Cl)cc2)N(c2ccccc2)O1. The van der Waals surface area contributed by atoms with Crippen LogP contribution in [0.5, 0.6) is 0 Å². The summed E-state index contributed by atoms with van der Waals surface area (Å²) >= 11 is 6.02. The number of anilines is 1. The first-order chi connectivity index (χ1) is 10.9. The van der Waals surface area contributed by atoms with Gasteiger partial charge in [-0.3, -0.25) is 0 Å². The van der Waals surface area contributed by atoms with E-state index in [9.17, 15) is 0 Å². The molecular formula is C19H22ClNO2. The number of ether oxygens (including phenoxy) is 1. The van der Waals surface area contributed by atoms with Crippen molar-refractivity contribution in [2.24, 2.45) is 0 Å². The third-order valence-electron chi connectivity index (χ3n) is 3.68. The minimum atomic E-state index is -0.268. The number of rotatable bonds is 3. The zero-order chi connectivity index (χ0) is 16.4. The van der Waals surface area contributed by atoms with Gasteiger partial charge in [-0.1, -0.05) is 41.9 Å². The summed E-state index contributed by atoms with van der Waals surface area (Å²) in [4.78, 5) is 6.10. The van der Waals surface area contributed by atoms with E-state index in [1.54, 1.807) is 0 Å². The van der Waals surface area contributed by atoms with E-state index >= 15 is 0 Å². The number of halogens is 1. The molecule has 1 saturated heterocycles. The standard InChI is InChI=1S/C19H22ClNO2/c1-19(2,3)22-18-13-17(14-9-11-15(20)12-10-14)21(23-18)16-7-5-4-6-8-16/h4-12,17-18H,13H2,1-3H3/t17-,18+/m0/s1. The molecule has 0 saturated carbocycles. The maximum Gasteiger partial charge on any atom is 0.186 e. The first-order valence-electron chi connectivity index (χ1n) is 7.87. The van der Waals surface area contributed by atoms with Crippen molar-refractivity contribution in [1.29, 1.82) is 0 Å². The summed E-state index contributed by atoms with van der Waals surface area (Å²) in [6.45, 7) is 6.12. The van der Waals surface area contributed by atoms with Gasteiger partial charge >= 0.3 is 0 Å². The van der Waals surface area contributed by atoms with Crippen molar-refractivity contribution >= 4 is 17.3 Å². The van der Waals surface area contributed by atoms with Crippen LogP contribution >= 0.6 is 11.6 Å². The Morgan fingerprint density at radius 3 is 2.30 bits per heavy atom. The molecule has 1 fully saturated rings. The molecule has 1 aliphatic rings. The molecule has 2 aromatic carbocycles. The fourth-order valence-electron chi connectivity index (χ4n) is 2.76. The van der Waals surface area contributed by atoms with Gasteiger partial charge in [0, 0.05) is 11.4 Å². The van der Waals surface area contributed by atoms with Crippen LogP contribution in [0.1, 0.15) is 38.8 Å². The van der Waals surface area contributed by atoms with Gasteiger partial charge in [0.25, 0.3) is 0 Å². The molecule has 0 aromatic heterocycles. The zero-order valence-corrected chi connectivity index (χ0v) is 14.5. The molecule has 2 atom stereocenters. The Morgan fingerprint density at radius 2 is 1.70 bits per heavy atom. The zero-order valence-electron chi connectivity index (χ0n) is 13.7. The average molecular weight is 332 g/mol. The van der Waals surface area contributed by atoms with Crippen LogP contribution in [0.3, 0.4) is 0 Å². The lowest BCUT2D eigenvalue weighted by Crippen LogP contribution is -2.28. The van der Waals surface area contributed by atoms with Crippen LogP contribution in [-0.4, -0.2) is 11.9 Å². The predicted octanol–water partition coefficient (Wildman–Crippen LogP) is 5.36. The summed E-state index contributed by atoms with van der Waals surface area (Å²) in [7, 11) is 0. The molecule has 0 N–H and O–H groups in total. The van der Waals surface area contributed by atoms with Gasteiger partial charge in [-0.05, 0) is 50.6 Å². The number of nitrogens with zero attached hydrogens (tertiary/aromatic N) is 1. The molecule has 3 rings (SSSR count). The molecule has 2 aromatic rings. The van der Waals surface area contributed by atoms with Crippen LogP contribution in [0.4, 0.5) is 5.69 Å². The lowest BCUT2D eigenvalue weighted by molar-refractivity contribution is -0.176. The van der Waals surface area contributed by atoms with Crippen molar-refractivity contribution < 1.29 is 9.57 Å². The van der Waals surface area contributed by atoms with Crippen LogP contribution < -0.4 is 5.06 Å². The maximum absolute atomic E-state index is 6.10. The Labute approximate surface area is 142 Å². The number of para-hydroxylation sites is 1. The van der Waals surface area contributed by atoms with E-state index < -0.39 is 0 Å². The highest BCUT2D eigenvalue weighted by atomic mass is 35.5. The topological polar surface area (TPSA) is 21.7 Å². The molecule has 122 valence electrons. The first kappa shape index (κ1) is 16.3. The Morgan fingerprint density at radius 1 is 1.04 bits per heavy atom. The summed E-state index contributed by atoms with van der Waals surface area (Å²) in [5.74, 6) is 0. The van der Waals surface area contributed by atoms with Crippen LogP contribution in [-0.2, 0) is 9.57 Å². The summed E-state index contributed by atoms with van der Waals surface area (Å²) < 4.78 is 6.04. The molecule has 3 nitrogen and oxygen atoms in total. The minimum Gasteiger partial charge on any atom is -0.344 e. The third-order valence-corrected chi connectivity index (χ3v) is 3.93. The molecule has 0 bridgehead atoms. The van der Waals surface area contributed by atoms with Crippen molar-refractivity contribution in [3.8, 4) is 0 Å². The van der Waals surface area contributed by atoms with E-state index in [0.717, 1.165) is 17.1 Å². The largest absolute Gasteiger partial charge is 0.344 e. The number of hydrogen-bond acceptors (Lipinski definition) is 3. The van der Waals surface area contributed by atoms with Gasteiger partial charge in [0.1, 0.15) is 0 Å². The summed E-state index contributed by atoms with van der Waals surface area (Å²) in [5, 5.41) is 2.68. The van der Waals surface area contributed by atoms with Gasteiger partial charge in [-0.25, -0.2) is 9.90 Å². The number of hydroxylamine groups is 1. The van der Waals surface area contributed by atoms with Crippen LogP contribution in [0, 0.1) is 0 Å². The molecule has 0 radical (unpaired) electrons. The summed E-state index contributed by atoms with van der Waals surface area (Å²) in [6, 6.07) is 18.1. The number of hydrogen-bond donors (Lipinski definition) is 0. The molecule has 1 aliphatic heterocycles. The van der Waals surface area contributed by atoms with Crippen molar-refractivity contribution in [2.45, 2.75) is 45.1 Å².